The fourth-order valence-electron chi connectivity index (χ4n) is 2.38. The number of H-pyrrole nitrogens is 1. The lowest BCUT2D eigenvalue weighted by Gasteiger charge is -2.05. The van der Waals surface area contributed by atoms with Crippen LogP contribution in [0.2, 0.25) is 5.02 Å². The van der Waals surface area contributed by atoms with Crippen molar-refractivity contribution in [3.63, 3.8) is 0 Å². The summed E-state index contributed by atoms with van der Waals surface area (Å²) in [5, 5.41) is 4.39. The minimum atomic E-state index is -0.0650. The topological polar surface area (TPSA) is 67.0 Å². The summed E-state index contributed by atoms with van der Waals surface area (Å²) < 4.78 is 5.12. The lowest BCUT2D eigenvalue weighted by atomic mass is 10.1. The van der Waals surface area contributed by atoms with Crippen molar-refractivity contribution in [1.29, 1.82) is 0 Å². The number of hydrogen-bond acceptors (Lipinski definition) is 3. The molecular formula is C17H16ClN3O2. The lowest BCUT2D eigenvalue weighted by Crippen LogP contribution is -2.18. The number of amides is 1. The Morgan fingerprint density at radius 1 is 1.35 bits per heavy atom. The summed E-state index contributed by atoms with van der Waals surface area (Å²) >= 11 is 6.39. The molecule has 0 aliphatic carbocycles. The molecule has 1 aromatic carbocycles. The first-order valence-corrected chi connectivity index (χ1v) is 7.50. The number of nitrogens with one attached hydrogen (secondary N) is 2. The highest BCUT2D eigenvalue weighted by atomic mass is 35.5. The standard InChI is InChI=1S/C17H16ClN3O2/c1-10(22)19-8-12-5-11-6-15(18)14(7-17(11)21-12)16-4-3-13(23-2)9-20-16/h3-7,9,21H,8H2,1-2H3,(H,19,22). The third-order valence-electron chi connectivity index (χ3n) is 3.54. The highest BCUT2D eigenvalue weighted by molar-refractivity contribution is 6.34. The van der Waals surface area contributed by atoms with Crippen molar-refractivity contribution in [1.82, 2.24) is 15.3 Å². The quantitative estimate of drug-likeness (QED) is 0.769. The van der Waals surface area contributed by atoms with Crippen molar-refractivity contribution in [2.45, 2.75) is 13.5 Å². The molecule has 0 saturated heterocycles. The largest absolute Gasteiger partial charge is 0.495 e. The molecule has 0 unspecified atom stereocenters. The second kappa shape index (κ2) is 6.30. The van der Waals surface area contributed by atoms with Crippen LogP contribution >= 0.6 is 11.6 Å². The summed E-state index contributed by atoms with van der Waals surface area (Å²) in [7, 11) is 1.60. The summed E-state index contributed by atoms with van der Waals surface area (Å²) in [5.41, 5.74) is 3.49. The van der Waals surface area contributed by atoms with Gasteiger partial charge in [-0.1, -0.05) is 11.6 Å². The van der Waals surface area contributed by atoms with Gasteiger partial charge in [0.05, 0.1) is 30.6 Å². The average Bonchev–Trinajstić information content (AvgIpc) is 2.94. The third-order valence-corrected chi connectivity index (χ3v) is 3.85. The first-order chi connectivity index (χ1) is 11.1. The lowest BCUT2D eigenvalue weighted by molar-refractivity contribution is -0.119. The van der Waals surface area contributed by atoms with Gasteiger partial charge in [-0.15, -0.1) is 0 Å². The van der Waals surface area contributed by atoms with Gasteiger partial charge in [0.15, 0.2) is 0 Å². The minimum Gasteiger partial charge on any atom is -0.495 e. The molecule has 2 N–H and O–H groups in total. The van der Waals surface area contributed by atoms with Gasteiger partial charge in [0, 0.05) is 29.1 Å². The molecule has 0 aliphatic rings. The van der Waals surface area contributed by atoms with Crippen LogP contribution in [0.4, 0.5) is 0 Å². The fraction of sp³-hybridized carbons (Fsp3) is 0.176. The zero-order valence-electron chi connectivity index (χ0n) is 12.8. The van der Waals surface area contributed by atoms with Gasteiger partial charge in [0.25, 0.3) is 0 Å². The molecule has 3 rings (SSSR count). The molecule has 0 atom stereocenters. The van der Waals surface area contributed by atoms with Crippen molar-refractivity contribution < 1.29 is 9.53 Å². The number of rotatable bonds is 4. The molecular weight excluding hydrogens is 314 g/mol. The van der Waals surface area contributed by atoms with Crippen LogP contribution in [0.3, 0.4) is 0 Å². The van der Waals surface area contributed by atoms with Crippen LogP contribution < -0.4 is 10.1 Å². The first kappa shape index (κ1) is 15.4. The van der Waals surface area contributed by atoms with Crippen LogP contribution in [0.15, 0.2) is 36.5 Å². The number of hydrogen-bond donors (Lipinski definition) is 2. The van der Waals surface area contributed by atoms with Crippen molar-refractivity contribution in [3.8, 4) is 17.0 Å². The van der Waals surface area contributed by atoms with Crippen LogP contribution in [-0.4, -0.2) is 23.0 Å². The number of aromatic amines is 1. The number of halogens is 1. The van der Waals surface area contributed by atoms with Crippen molar-refractivity contribution in [3.05, 3.63) is 47.2 Å². The number of methoxy groups -OCH3 is 1. The molecule has 2 aromatic heterocycles. The van der Waals surface area contributed by atoms with E-state index in [2.05, 4.69) is 15.3 Å². The van der Waals surface area contributed by atoms with Crippen LogP contribution in [-0.2, 0) is 11.3 Å². The number of ether oxygens (including phenoxy) is 1. The number of nitrogens with zero attached hydrogens (tertiary/aromatic N) is 1. The van der Waals surface area contributed by atoms with Crippen LogP contribution in [0, 0.1) is 0 Å². The highest BCUT2D eigenvalue weighted by Crippen LogP contribution is 2.32. The van der Waals surface area contributed by atoms with Gasteiger partial charge in [-0.2, -0.15) is 0 Å². The molecule has 2 heterocycles. The van der Waals surface area contributed by atoms with Gasteiger partial charge in [-0.25, -0.2) is 0 Å². The predicted molar refractivity (Wildman–Crippen MR) is 90.6 cm³/mol. The third kappa shape index (κ3) is 3.29. The van der Waals surface area contributed by atoms with Gasteiger partial charge >= 0.3 is 0 Å². The van der Waals surface area contributed by atoms with Crippen LogP contribution in [0.25, 0.3) is 22.2 Å². The van der Waals surface area contributed by atoms with Crippen LogP contribution in [0.1, 0.15) is 12.6 Å². The maximum atomic E-state index is 11.0. The summed E-state index contributed by atoms with van der Waals surface area (Å²) in [6, 6.07) is 9.55. The SMILES string of the molecule is COc1ccc(-c2cc3[nH]c(CNC(C)=O)cc3cc2Cl)nc1. The van der Waals surface area contributed by atoms with E-state index in [1.54, 1.807) is 13.3 Å². The molecule has 5 nitrogen and oxygen atoms in total. The Bertz CT molecular complexity index is 856. The first-order valence-electron chi connectivity index (χ1n) is 7.13. The van der Waals surface area contributed by atoms with E-state index < -0.39 is 0 Å². The Kier molecular flexibility index (Phi) is 4.21. The molecule has 0 bridgehead atoms. The number of benzene rings is 1. The number of carbonyl (C=O) groups excluding carboxylic acids is 1. The van der Waals surface area contributed by atoms with Crippen molar-refractivity contribution in [2.24, 2.45) is 0 Å². The van der Waals surface area contributed by atoms with Crippen molar-refractivity contribution >= 4 is 28.4 Å². The molecule has 1 amide bonds. The monoisotopic (exact) mass is 329 g/mol. The Labute approximate surface area is 138 Å². The second-order valence-corrected chi connectivity index (χ2v) is 5.61. The Balaban J connectivity index is 1.97. The van der Waals surface area contributed by atoms with E-state index in [4.69, 9.17) is 16.3 Å². The number of pyridine rings is 1. The van der Waals surface area contributed by atoms with E-state index >= 15 is 0 Å². The van der Waals surface area contributed by atoms with Gasteiger partial charge in [0.2, 0.25) is 5.91 Å². The molecule has 0 radical (unpaired) electrons. The molecule has 0 fully saturated rings. The molecule has 23 heavy (non-hydrogen) atoms. The van der Waals surface area contributed by atoms with E-state index in [0.29, 0.717) is 17.3 Å². The maximum Gasteiger partial charge on any atom is 0.217 e. The molecule has 0 spiro atoms. The van der Waals surface area contributed by atoms with Gasteiger partial charge < -0.3 is 15.0 Å². The predicted octanol–water partition coefficient (Wildman–Crippen LogP) is 3.53. The van der Waals surface area contributed by atoms with Gasteiger partial charge in [-0.3, -0.25) is 9.78 Å². The Hall–Kier alpha value is -2.53. The molecule has 0 aliphatic heterocycles. The Morgan fingerprint density at radius 2 is 2.17 bits per heavy atom. The Morgan fingerprint density at radius 3 is 2.83 bits per heavy atom. The molecule has 118 valence electrons. The zero-order valence-corrected chi connectivity index (χ0v) is 13.6. The van der Waals surface area contributed by atoms with E-state index in [0.717, 1.165) is 27.9 Å². The van der Waals surface area contributed by atoms with Crippen molar-refractivity contribution in [2.75, 3.05) is 7.11 Å². The number of aromatic nitrogens is 2. The number of fused-ring (bicyclic) bond motifs is 1. The normalized spacial score (nSPS) is 10.7. The smallest absolute Gasteiger partial charge is 0.217 e. The highest BCUT2D eigenvalue weighted by Gasteiger charge is 2.10. The van der Waals surface area contributed by atoms with E-state index in [9.17, 15) is 4.79 Å². The summed E-state index contributed by atoms with van der Waals surface area (Å²) in [6.45, 7) is 1.95. The minimum absolute atomic E-state index is 0.0650. The fourth-order valence-corrected chi connectivity index (χ4v) is 2.65. The molecule has 3 aromatic rings. The summed E-state index contributed by atoms with van der Waals surface area (Å²) in [6.07, 6.45) is 1.66. The second-order valence-electron chi connectivity index (χ2n) is 5.21. The van der Waals surface area contributed by atoms with Gasteiger partial charge in [0.1, 0.15) is 5.75 Å². The zero-order chi connectivity index (χ0) is 16.4. The summed E-state index contributed by atoms with van der Waals surface area (Å²) in [5.74, 6) is 0.633. The molecule has 0 saturated carbocycles. The van der Waals surface area contributed by atoms with Crippen LogP contribution in [0.5, 0.6) is 5.75 Å². The average molecular weight is 330 g/mol. The van der Waals surface area contributed by atoms with Gasteiger partial charge in [-0.05, 0) is 30.3 Å². The van der Waals surface area contributed by atoms with E-state index in [-0.39, 0.29) is 5.91 Å². The summed E-state index contributed by atoms with van der Waals surface area (Å²) in [4.78, 5) is 18.7. The van der Waals surface area contributed by atoms with E-state index in [1.807, 2.05) is 30.3 Å². The maximum absolute atomic E-state index is 11.0. The number of carbonyl (C=O) groups is 1. The molecule has 6 heteroatoms. The van der Waals surface area contributed by atoms with E-state index in [1.165, 1.54) is 6.92 Å².